The van der Waals surface area contributed by atoms with Gasteiger partial charge in [-0.25, -0.2) is 4.79 Å². The molecule has 0 spiro atoms. The molecule has 0 radical (unpaired) electrons. The van der Waals surface area contributed by atoms with Gasteiger partial charge in [0.1, 0.15) is 0 Å². The number of esters is 1. The summed E-state index contributed by atoms with van der Waals surface area (Å²) in [4.78, 5) is 16.5. The van der Waals surface area contributed by atoms with Crippen molar-refractivity contribution >= 4 is 11.7 Å². The minimum Gasteiger partial charge on any atom is -0.466 e. The molecular weight excluding hydrogens is 228 g/mol. The Kier molecular flexibility index (Phi) is 2.96. The largest absolute Gasteiger partial charge is 0.466 e. The van der Waals surface area contributed by atoms with E-state index in [1.807, 2.05) is 18.2 Å². The summed E-state index contributed by atoms with van der Waals surface area (Å²) in [5, 5.41) is 0. The predicted octanol–water partition coefficient (Wildman–Crippen LogP) is 1.47. The molecule has 2 aliphatic rings. The number of hydrogen-bond acceptors (Lipinski definition) is 4. The van der Waals surface area contributed by atoms with Crippen LogP contribution in [-0.4, -0.2) is 43.3 Å². The van der Waals surface area contributed by atoms with Crippen LogP contribution in [0.1, 0.15) is 12.8 Å². The van der Waals surface area contributed by atoms with Gasteiger partial charge in [0.05, 0.1) is 7.11 Å². The van der Waals surface area contributed by atoms with Crippen molar-refractivity contribution in [1.82, 2.24) is 4.90 Å². The van der Waals surface area contributed by atoms with E-state index in [2.05, 4.69) is 21.9 Å². The average Bonchev–Trinajstić information content (AvgIpc) is 2.98. The summed E-state index contributed by atoms with van der Waals surface area (Å²) < 4.78 is 4.97. The number of fused-ring (bicyclic) bond motifs is 1. The molecule has 1 aromatic carbocycles. The van der Waals surface area contributed by atoms with Crippen LogP contribution in [0.15, 0.2) is 30.3 Å². The lowest BCUT2D eigenvalue weighted by Crippen LogP contribution is -2.46. The minimum atomic E-state index is -0.245. The van der Waals surface area contributed by atoms with E-state index < -0.39 is 0 Å². The van der Waals surface area contributed by atoms with E-state index in [-0.39, 0.29) is 12.1 Å². The van der Waals surface area contributed by atoms with Crippen molar-refractivity contribution in [3.8, 4) is 0 Å². The third kappa shape index (κ3) is 1.77. The number of benzene rings is 1. The lowest BCUT2D eigenvalue weighted by Gasteiger charge is -2.28. The van der Waals surface area contributed by atoms with Crippen LogP contribution in [0.5, 0.6) is 0 Å². The molecule has 1 unspecified atom stereocenters. The van der Waals surface area contributed by atoms with E-state index >= 15 is 0 Å². The number of methoxy groups -OCH3 is 1. The Morgan fingerprint density at radius 3 is 2.83 bits per heavy atom. The first-order chi connectivity index (χ1) is 8.81. The Morgan fingerprint density at radius 1 is 1.33 bits per heavy atom. The fourth-order valence-corrected chi connectivity index (χ4v) is 3.12. The first-order valence-corrected chi connectivity index (χ1v) is 6.46. The Labute approximate surface area is 107 Å². The van der Waals surface area contributed by atoms with Gasteiger partial charge in [-0.2, -0.15) is 0 Å². The average molecular weight is 246 g/mol. The molecule has 18 heavy (non-hydrogen) atoms. The van der Waals surface area contributed by atoms with Crippen molar-refractivity contribution < 1.29 is 9.53 Å². The summed E-state index contributed by atoms with van der Waals surface area (Å²) in [6.07, 6.45) is 2.11. The number of para-hydroxylation sites is 1. The topological polar surface area (TPSA) is 32.8 Å². The van der Waals surface area contributed by atoms with Gasteiger partial charge in [0, 0.05) is 24.8 Å². The normalized spacial score (nSPS) is 27.3. The van der Waals surface area contributed by atoms with Crippen molar-refractivity contribution in [2.75, 3.05) is 25.1 Å². The Hall–Kier alpha value is -1.55. The number of anilines is 1. The smallest absolute Gasteiger partial charge is 0.343 e. The highest BCUT2D eigenvalue weighted by Crippen LogP contribution is 2.33. The molecule has 0 saturated carbocycles. The van der Waals surface area contributed by atoms with Gasteiger partial charge in [0.25, 0.3) is 0 Å². The molecule has 2 fully saturated rings. The fraction of sp³-hybridized carbons (Fsp3) is 0.500. The Bertz CT molecular complexity index is 435. The van der Waals surface area contributed by atoms with Crippen molar-refractivity contribution in [3.05, 3.63) is 30.3 Å². The van der Waals surface area contributed by atoms with Crippen LogP contribution < -0.4 is 4.90 Å². The van der Waals surface area contributed by atoms with E-state index in [0.717, 1.165) is 18.8 Å². The molecular formula is C14H18N2O2. The van der Waals surface area contributed by atoms with E-state index in [9.17, 15) is 4.79 Å². The molecule has 0 amide bonds. The number of ether oxygens (including phenoxy) is 1. The third-order valence-electron chi connectivity index (χ3n) is 3.94. The monoisotopic (exact) mass is 246 g/mol. The molecule has 0 N–H and O–H groups in total. The zero-order chi connectivity index (χ0) is 12.5. The van der Waals surface area contributed by atoms with Gasteiger partial charge in [-0.05, 0) is 25.0 Å². The van der Waals surface area contributed by atoms with Crippen molar-refractivity contribution in [2.45, 2.75) is 25.0 Å². The number of nitrogens with zero attached hydrogens (tertiary/aromatic N) is 2. The molecule has 4 nitrogen and oxygen atoms in total. The summed E-state index contributed by atoms with van der Waals surface area (Å²) in [5.41, 5.74) is 1.10. The lowest BCUT2D eigenvalue weighted by atomic mass is 10.2. The summed E-state index contributed by atoms with van der Waals surface area (Å²) in [5.74, 6) is -0.150. The molecule has 4 heteroatoms. The predicted molar refractivity (Wildman–Crippen MR) is 69.3 cm³/mol. The minimum absolute atomic E-state index is 0.150. The molecule has 3 rings (SSSR count). The molecule has 0 aliphatic carbocycles. The van der Waals surface area contributed by atoms with Gasteiger partial charge in [-0.15, -0.1) is 0 Å². The summed E-state index contributed by atoms with van der Waals surface area (Å²) in [6.45, 7) is 1.91. The lowest BCUT2D eigenvalue weighted by molar-refractivity contribution is -0.145. The van der Waals surface area contributed by atoms with Crippen LogP contribution >= 0.6 is 0 Å². The zero-order valence-corrected chi connectivity index (χ0v) is 10.6. The SMILES string of the molecule is COC(=O)[C@@H]1N(c2ccccc2)CC2CCCN21. The van der Waals surface area contributed by atoms with Crippen LogP contribution in [0.2, 0.25) is 0 Å². The molecule has 96 valence electrons. The maximum Gasteiger partial charge on any atom is 0.343 e. The molecule has 2 atom stereocenters. The molecule has 2 saturated heterocycles. The van der Waals surface area contributed by atoms with E-state index in [1.165, 1.54) is 20.0 Å². The fourth-order valence-electron chi connectivity index (χ4n) is 3.12. The Morgan fingerprint density at radius 2 is 2.11 bits per heavy atom. The van der Waals surface area contributed by atoms with Crippen LogP contribution in [0.4, 0.5) is 5.69 Å². The zero-order valence-electron chi connectivity index (χ0n) is 10.6. The molecule has 0 aromatic heterocycles. The van der Waals surface area contributed by atoms with Crippen LogP contribution in [0.25, 0.3) is 0 Å². The van der Waals surface area contributed by atoms with Gasteiger partial charge >= 0.3 is 5.97 Å². The Balaban J connectivity index is 1.91. The van der Waals surface area contributed by atoms with Crippen molar-refractivity contribution in [3.63, 3.8) is 0 Å². The highest BCUT2D eigenvalue weighted by Gasteiger charge is 2.46. The van der Waals surface area contributed by atoms with Gasteiger partial charge in [0.15, 0.2) is 6.17 Å². The van der Waals surface area contributed by atoms with Crippen LogP contribution in [0.3, 0.4) is 0 Å². The maximum absolute atomic E-state index is 12.0. The summed E-state index contributed by atoms with van der Waals surface area (Å²) in [6, 6.07) is 10.6. The van der Waals surface area contributed by atoms with Gasteiger partial charge < -0.3 is 9.64 Å². The quantitative estimate of drug-likeness (QED) is 0.740. The number of carbonyl (C=O) groups is 1. The summed E-state index contributed by atoms with van der Waals surface area (Å²) in [7, 11) is 1.47. The number of hydrogen-bond donors (Lipinski definition) is 0. The summed E-state index contributed by atoms with van der Waals surface area (Å²) >= 11 is 0. The molecule has 0 bridgehead atoms. The highest BCUT2D eigenvalue weighted by molar-refractivity contribution is 5.80. The highest BCUT2D eigenvalue weighted by atomic mass is 16.5. The van der Waals surface area contributed by atoms with Gasteiger partial charge in [-0.1, -0.05) is 18.2 Å². The van der Waals surface area contributed by atoms with Gasteiger partial charge in [0.2, 0.25) is 0 Å². The van der Waals surface area contributed by atoms with Crippen LogP contribution in [-0.2, 0) is 9.53 Å². The second kappa shape index (κ2) is 4.61. The van der Waals surface area contributed by atoms with Crippen molar-refractivity contribution in [1.29, 1.82) is 0 Å². The van der Waals surface area contributed by atoms with Crippen molar-refractivity contribution in [2.24, 2.45) is 0 Å². The first-order valence-electron chi connectivity index (χ1n) is 6.46. The van der Waals surface area contributed by atoms with E-state index in [0.29, 0.717) is 6.04 Å². The first kappa shape index (κ1) is 11.5. The maximum atomic E-state index is 12.0. The molecule has 2 heterocycles. The van der Waals surface area contributed by atoms with E-state index in [1.54, 1.807) is 0 Å². The molecule has 2 aliphatic heterocycles. The number of rotatable bonds is 2. The second-order valence-electron chi connectivity index (χ2n) is 4.92. The third-order valence-corrected chi connectivity index (χ3v) is 3.94. The van der Waals surface area contributed by atoms with E-state index in [4.69, 9.17) is 4.74 Å². The van der Waals surface area contributed by atoms with Crippen LogP contribution in [0, 0.1) is 0 Å². The molecule has 1 aromatic rings. The number of carbonyl (C=O) groups excluding carboxylic acids is 1. The second-order valence-corrected chi connectivity index (χ2v) is 4.92. The van der Waals surface area contributed by atoms with Gasteiger partial charge in [-0.3, -0.25) is 4.90 Å². The standard InChI is InChI=1S/C14H18N2O2/c1-18-14(17)13-15-9-5-8-12(15)10-16(13)11-6-3-2-4-7-11/h2-4,6-7,12-13H,5,8-10H2,1H3/t12?,13-/m0/s1.